The van der Waals surface area contributed by atoms with Gasteiger partial charge < -0.3 is 15.4 Å². The molecule has 0 amide bonds. The quantitative estimate of drug-likeness (QED) is 0.586. The Bertz CT molecular complexity index is 292. The Morgan fingerprint density at radius 2 is 2.47 bits per heavy atom. The fourth-order valence-electron chi connectivity index (χ4n) is 1.03. The SMILES string of the molecule is COCCCNC(=S)Nc1cccnc1. The Kier molecular flexibility index (Phi) is 5.65. The van der Waals surface area contributed by atoms with Crippen LogP contribution in [0.4, 0.5) is 5.69 Å². The third-order valence-corrected chi connectivity index (χ3v) is 1.98. The minimum absolute atomic E-state index is 0.610. The Hall–Kier alpha value is -1.20. The van der Waals surface area contributed by atoms with Gasteiger partial charge in [-0.05, 0) is 30.8 Å². The maximum absolute atomic E-state index is 5.09. The van der Waals surface area contributed by atoms with Crippen LogP contribution in [0.2, 0.25) is 0 Å². The first-order valence-corrected chi connectivity index (χ1v) is 5.17. The van der Waals surface area contributed by atoms with E-state index in [1.165, 1.54) is 0 Å². The van der Waals surface area contributed by atoms with E-state index < -0.39 is 0 Å². The highest BCUT2D eigenvalue weighted by Gasteiger charge is 1.95. The van der Waals surface area contributed by atoms with Gasteiger partial charge in [-0.3, -0.25) is 4.98 Å². The molecule has 0 aliphatic heterocycles. The lowest BCUT2D eigenvalue weighted by Gasteiger charge is -2.09. The van der Waals surface area contributed by atoms with Crippen molar-refractivity contribution >= 4 is 23.0 Å². The predicted molar refractivity (Wildman–Crippen MR) is 65.0 cm³/mol. The van der Waals surface area contributed by atoms with Crippen molar-refractivity contribution in [1.82, 2.24) is 10.3 Å². The molecule has 5 heteroatoms. The van der Waals surface area contributed by atoms with Gasteiger partial charge in [-0.25, -0.2) is 0 Å². The van der Waals surface area contributed by atoms with Crippen molar-refractivity contribution in [2.24, 2.45) is 0 Å². The molecule has 1 heterocycles. The summed E-state index contributed by atoms with van der Waals surface area (Å²) in [6.07, 6.45) is 4.38. The van der Waals surface area contributed by atoms with Crippen LogP contribution in [0.5, 0.6) is 0 Å². The highest BCUT2D eigenvalue weighted by Crippen LogP contribution is 2.01. The molecular weight excluding hydrogens is 210 g/mol. The number of nitrogens with zero attached hydrogens (tertiary/aromatic N) is 1. The number of methoxy groups -OCH3 is 1. The zero-order valence-electron chi connectivity index (χ0n) is 8.69. The first-order chi connectivity index (χ1) is 7.33. The standard InChI is InChI=1S/C10H15N3OS/c1-14-7-3-6-12-10(15)13-9-4-2-5-11-8-9/h2,4-5,8H,3,6-7H2,1H3,(H2,12,13,15). The van der Waals surface area contributed by atoms with E-state index >= 15 is 0 Å². The molecular formula is C10H15N3OS. The first-order valence-electron chi connectivity index (χ1n) is 4.77. The number of hydrogen-bond donors (Lipinski definition) is 2. The molecule has 0 aromatic carbocycles. The lowest BCUT2D eigenvalue weighted by Crippen LogP contribution is -2.29. The van der Waals surface area contributed by atoms with Crippen LogP contribution >= 0.6 is 12.2 Å². The van der Waals surface area contributed by atoms with Gasteiger partial charge in [0.2, 0.25) is 0 Å². The molecule has 82 valence electrons. The fraction of sp³-hybridized carbons (Fsp3) is 0.400. The normalized spacial score (nSPS) is 9.67. The Morgan fingerprint density at radius 1 is 1.60 bits per heavy atom. The van der Waals surface area contributed by atoms with Gasteiger partial charge in [0.1, 0.15) is 0 Å². The van der Waals surface area contributed by atoms with Gasteiger partial charge in [-0.15, -0.1) is 0 Å². The molecule has 0 saturated carbocycles. The van der Waals surface area contributed by atoms with Crippen LogP contribution < -0.4 is 10.6 Å². The second-order valence-corrected chi connectivity index (χ2v) is 3.38. The van der Waals surface area contributed by atoms with Crippen molar-refractivity contribution < 1.29 is 4.74 Å². The van der Waals surface area contributed by atoms with Gasteiger partial charge in [-0.2, -0.15) is 0 Å². The van der Waals surface area contributed by atoms with Crippen molar-refractivity contribution in [3.8, 4) is 0 Å². The Labute approximate surface area is 95.0 Å². The highest BCUT2D eigenvalue weighted by atomic mass is 32.1. The summed E-state index contributed by atoms with van der Waals surface area (Å²) >= 11 is 5.09. The van der Waals surface area contributed by atoms with Gasteiger partial charge in [0.15, 0.2) is 5.11 Å². The number of nitrogens with one attached hydrogen (secondary N) is 2. The predicted octanol–water partition coefficient (Wildman–Crippen LogP) is 1.40. The first kappa shape index (κ1) is 11.9. The molecule has 1 rings (SSSR count). The van der Waals surface area contributed by atoms with Crippen molar-refractivity contribution in [3.05, 3.63) is 24.5 Å². The zero-order chi connectivity index (χ0) is 10.9. The molecule has 0 aliphatic carbocycles. The summed E-state index contributed by atoms with van der Waals surface area (Å²) in [6.45, 7) is 1.54. The number of aromatic nitrogens is 1. The van der Waals surface area contributed by atoms with Crippen molar-refractivity contribution in [2.45, 2.75) is 6.42 Å². The smallest absolute Gasteiger partial charge is 0.170 e. The Morgan fingerprint density at radius 3 is 3.13 bits per heavy atom. The van der Waals surface area contributed by atoms with Crippen molar-refractivity contribution in [2.75, 3.05) is 25.6 Å². The average molecular weight is 225 g/mol. The fourth-order valence-corrected chi connectivity index (χ4v) is 1.25. The molecule has 0 bridgehead atoms. The van der Waals surface area contributed by atoms with Crippen LogP contribution in [0.25, 0.3) is 0 Å². The second kappa shape index (κ2) is 7.14. The summed E-state index contributed by atoms with van der Waals surface area (Å²) in [6, 6.07) is 3.77. The lowest BCUT2D eigenvalue weighted by molar-refractivity contribution is 0.196. The number of rotatable bonds is 5. The van der Waals surface area contributed by atoms with Crippen LogP contribution in [-0.2, 0) is 4.74 Å². The van der Waals surface area contributed by atoms with Crippen LogP contribution in [0, 0.1) is 0 Å². The Balaban J connectivity index is 2.19. The minimum atomic E-state index is 0.610. The lowest BCUT2D eigenvalue weighted by atomic mass is 10.4. The number of thiocarbonyl (C=S) groups is 1. The molecule has 0 unspecified atom stereocenters. The van der Waals surface area contributed by atoms with E-state index in [1.54, 1.807) is 19.5 Å². The zero-order valence-corrected chi connectivity index (χ0v) is 9.51. The van der Waals surface area contributed by atoms with Gasteiger partial charge in [-0.1, -0.05) is 0 Å². The van der Waals surface area contributed by atoms with Gasteiger partial charge in [0, 0.05) is 26.5 Å². The number of ether oxygens (including phenoxy) is 1. The summed E-state index contributed by atoms with van der Waals surface area (Å²) in [4.78, 5) is 3.98. The molecule has 1 aromatic rings. The summed E-state index contributed by atoms with van der Waals surface area (Å²) < 4.78 is 4.93. The summed E-state index contributed by atoms with van der Waals surface area (Å²) in [5, 5.41) is 6.72. The van der Waals surface area contributed by atoms with Crippen molar-refractivity contribution in [3.63, 3.8) is 0 Å². The molecule has 0 radical (unpaired) electrons. The third-order valence-electron chi connectivity index (χ3n) is 1.73. The van der Waals surface area contributed by atoms with E-state index in [0.717, 1.165) is 25.3 Å². The molecule has 0 aliphatic rings. The van der Waals surface area contributed by atoms with Gasteiger partial charge in [0.25, 0.3) is 0 Å². The van der Waals surface area contributed by atoms with Crippen molar-refractivity contribution in [1.29, 1.82) is 0 Å². The number of anilines is 1. The molecule has 0 saturated heterocycles. The van der Waals surface area contributed by atoms with Crippen LogP contribution in [0.15, 0.2) is 24.5 Å². The molecule has 4 nitrogen and oxygen atoms in total. The number of hydrogen-bond acceptors (Lipinski definition) is 3. The average Bonchev–Trinajstić information content (AvgIpc) is 2.26. The molecule has 0 spiro atoms. The molecule has 2 N–H and O–H groups in total. The summed E-state index contributed by atoms with van der Waals surface area (Å²) in [5.41, 5.74) is 0.891. The summed E-state index contributed by atoms with van der Waals surface area (Å²) in [7, 11) is 1.69. The highest BCUT2D eigenvalue weighted by molar-refractivity contribution is 7.80. The largest absolute Gasteiger partial charge is 0.385 e. The minimum Gasteiger partial charge on any atom is -0.385 e. The van der Waals surface area contributed by atoms with E-state index in [4.69, 9.17) is 17.0 Å². The van der Waals surface area contributed by atoms with E-state index in [1.807, 2.05) is 12.1 Å². The van der Waals surface area contributed by atoms with Crippen LogP contribution in [-0.4, -0.2) is 30.4 Å². The second-order valence-electron chi connectivity index (χ2n) is 2.97. The van der Waals surface area contributed by atoms with E-state index in [-0.39, 0.29) is 0 Å². The van der Waals surface area contributed by atoms with Gasteiger partial charge >= 0.3 is 0 Å². The van der Waals surface area contributed by atoms with E-state index in [0.29, 0.717) is 5.11 Å². The molecule has 0 atom stereocenters. The monoisotopic (exact) mass is 225 g/mol. The molecule has 1 aromatic heterocycles. The molecule has 15 heavy (non-hydrogen) atoms. The van der Waals surface area contributed by atoms with Crippen LogP contribution in [0.3, 0.4) is 0 Å². The third kappa shape index (κ3) is 5.29. The van der Waals surface area contributed by atoms with Gasteiger partial charge in [0.05, 0.1) is 11.9 Å². The summed E-state index contributed by atoms with van der Waals surface area (Å²) in [5.74, 6) is 0. The van der Waals surface area contributed by atoms with Crippen LogP contribution in [0.1, 0.15) is 6.42 Å². The molecule has 0 fully saturated rings. The van der Waals surface area contributed by atoms with E-state index in [2.05, 4.69) is 15.6 Å². The topological polar surface area (TPSA) is 46.2 Å². The maximum Gasteiger partial charge on any atom is 0.170 e. The van der Waals surface area contributed by atoms with E-state index in [9.17, 15) is 0 Å². The maximum atomic E-state index is 5.09. The number of pyridine rings is 1.